The van der Waals surface area contributed by atoms with E-state index in [0.717, 1.165) is 12.8 Å². The molecule has 1 fully saturated rings. The van der Waals surface area contributed by atoms with Gasteiger partial charge in [-0.1, -0.05) is 30.3 Å². The molecule has 1 saturated heterocycles. The Hall–Kier alpha value is -0.860. The van der Waals surface area contributed by atoms with Gasteiger partial charge in [0.25, 0.3) is 0 Å². The molecule has 2 rings (SSSR count). The third kappa shape index (κ3) is 2.80. The summed E-state index contributed by atoms with van der Waals surface area (Å²) < 4.78 is 30.5. The molecule has 0 spiro atoms. The smallest absolute Gasteiger partial charge is 0.0444 e. The lowest BCUT2D eigenvalue weighted by atomic mass is 9.90. The lowest BCUT2D eigenvalue weighted by molar-refractivity contribution is 0.218. The molecule has 0 aromatic heterocycles. The van der Waals surface area contributed by atoms with E-state index in [4.69, 9.17) is 11.2 Å². The van der Waals surface area contributed by atoms with Crippen molar-refractivity contribution in [1.82, 2.24) is 4.90 Å². The predicted octanol–water partition coefficient (Wildman–Crippen LogP) is 1.82. The van der Waals surface area contributed by atoms with Gasteiger partial charge in [-0.2, -0.15) is 0 Å². The number of benzene rings is 1. The van der Waals surface area contributed by atoms with E-state index in [-0.39, 0.29) is 0 Å². The number of hydrogen-bond donors (Lipinski definition) is 1. The zero-order chi connectivity index (χ0) is 14.1. The zero-order valence-corrected chi connectivity index (χ0v) is 8.82. The van der Waals surface area contributed by atoms with Crippen molar-refractivity contribution in [3.63, 3.8) is 0 Å². The Labute approximate surface area is 97.7 Å². The Morgan fingerprint density at radius 3 is 2.53 bits per heavy atom. The Balaban J connectivity index is 2.00. The molecule has 1 aromatic carbocycles. The van der Waals surface area contributed by atoms with Crippen LogP contribution in [-0.2, 0) is 0 Å². The standard InChI is InChI=1S/C13H20N2/c14-8-11-15-9-6-13(7-10-15)12-4-2-1-3-5-12/h1-5,13H,6-11,14H2/i8+1D2,11+1D2. The van der Waals surface area contributed by atoms with Crippen LogP contribution in [0.2, 0.25) is 0 Å². The number of rotatable bonds is 3. The van der Waals surface area contributed by atoms with E-state index < -0.39 is 13.0 Å². The second kappa shape index (κ2) is 5.29. The van der Waals surface area contributed by atoms with Gasteiger partial charge in [0.2, 0.25) is 0 Å². The van der Waals surface area contributed by atoms with Crippen LogP contribution in [0.25, 0.3) is 0 Å². The summed E-state index contributed by atoms with van der Waals surface area (Å²) in [6.45, 7) is -3.40. The molecule has 0 radical (unpaired) electrons. The lowest BCUT2D eigenvalue weighted by Crippen LogP contribution is -2.36. The second-order valence-electron chi connectivity index (χ2n) is 3.93. The van der Waals surface area contributed by atoms with Crippen molar-refractivity contribution >= 4 is 0 Å². The molecule has 1 heterocycles. The second-order valence-corrected chi connectivity index (χ2v) is 3.93. The molecule has 1 aliphatic heterocycles. The molecule has 0 amide bonds. The molecule has 82 valence electrons. The topological polar surface area (TPSA) is 29.3 Å². The van der Waals surface area contributed by atoms with E-state index in [0.29, 0.717) is 19.0 Å². The van der Waals surface area contributed by atoms with Crippen molar-refractivity contribution in [3.8, 4) is 0 Å². The van der Waals surface area contributed by atoms with Gasteiger partial charge in [-0.3, -0.25) is 0 Å². The van der Waals surface area contributed by atoms with E-state index in [2.05, 4.69) is 12.1 Å². The molecular formula is C13H20N2. The number of nitrogens with zero attached hydrogens (tertiary/aromatic N) is 1. The van der Waals surface area contributed by atoms with Crippen LogP contribution < -0.4 is 5.73 Å². The molecule has 2 nitrogen and oxygen atoms in total. The fourth-order valence-electron chi connectivity index (χ4n) is 2.14. The van der Waals surface area contributed by atoms with Crippen LogP contribution in [0.4, 0.5) is 0 Å². The van der Waals surface area contributed by atoms with Crippen LogP contribution in [0.5, 0.6) is 0 Å². The molecule has 15 heavy (non-hydrogen) atoms. The van der Waals surface area contributed by atoms with Crippen LogP contribution in [0.15, 0.2) is 30.3 Å². The average Bonchev–Trinajstić information content (AvgIpc) is 2.39. The van der Waals surface area contributed by atoms with Gasteiger partial charge in [-0.15, -0.1) is 0 Å². The molecule has 0 atom stereocenters. The fraction of sp³-hybridized carbons (Fsp3) is 0.538. The Morgan fingerprint density at radius 2 is 1.93 bits per heavy atom. The quantitative estimate of drug-likeness (QED) is 0.771. The largest absolute Gasteiger partial charge is 0.329 e. The van der Waals surface area contributed by atoms with Gasteiger partial charge < -0.3 is 10.6 Å². The van der Waals surface area contributed by atoms with E-state index in [1.807, 2.05) is 18.2 Å². The molecule has 0 saturated carbocycles. The Morgan fingerprint density at radius 1 is 1.27 bits per heavy atom. The van der Waals surface area contributed by atoms with E-state index >= 15 is 0 Å². The Kier molecular flexibility index (Phi) is 2.35. The van der Waals surface area contributed by atoms with Crippen LogP contribution in [0, 0.1) is 0 Å². The highest BCUT2D eigenvalue weighted by molar-refractivity contribution is 5.19. The first-order valence-electron chi connectivity index (χ1n) is 7.41. The van der Waals surface area contributed by atoms with Crippen LogP contribution >= 0.6 is 0 Å². The van der Waals surface area contributed by atoms with Crippen molar-refractivity contribution < 1.29 is 5.48 Å². The van der Waals surface area contributed by atoms with Crippen molar-refractivity contribution in [2.45, 2.75) is 18.8 Å². The highest BCUT2D eigenvalue weighted by Crippen LogP contribution is 2.27. The number of likely N-dealkylation sites (tertiary alicyclic amines) is 1. The number of nitrogens with two attached hydrogens (primary N) is 1. The van der Waals surface area contributed by atoms with E-state index in [1.54, 1.807) is 0 Å². The minimum atomic E-state index is -2.34. The summed E-state index contributed by atoms with van der Waals surface area (Å²) in [4.78, 5) is 1.52. The van der Waals surface area contributed by atoms with Gasteiger partial charge in [0.05, 0.1) is 0 Å². The van der Waals surface area contributed by atoms with E-state index in [9.17, 15) is 0 Å². The van der Waals surface area contributed by atoms with Gasteiger partial charge in [0.1, 0.15) is 0 Å². The van der Waals surface area contributed by atoms with Crippen molar-refractivity contribution in [1.29, 1.82) is 0 Å². The molecule has 1 aromatic rings. The lowest BCUT2D eigenvalue weighted by Gasteiger charge is -2.31. The van der Waals surface area contributed by atoms with Gasteiger partial charge in [0.15, 0.2) is 0 Å². The van der Waals surface area contributed by atoms with E-state index in [1.165, 1.54) is 10.5 Å². The molecule has 1 aliphatic rings. The highest BCUT2D eigenvalue weighted by Gasteiger charge is 2.19. The van der Waals surface area contributed by atoms with Crippen molar-refractivity contribution in [2.24, 2.45) is 5.73 Å². The van der Waals surface area contributed by atoms with Gasteiger partial charge in [-0.25, -0.2) is 0 Å². The van der Waals surface area contributed by atoms with Gasteiger partial charge in [-0.05, 0) is 37.4 Å². The van der Waals surface area contributed by atoms with Crippen LogP contribution in [-0.4, -0.2) is 31.0 Å². The molecule has 2 N–H and O–H groups in total. The van der Waals surface area contributed by atoms with Crippen molar-refractivity contribution in [3.05, 3.63) is 35.9 Å². The maximum absolute atomic E-state index is 7.84. The molecule has 0 bridgehead atoms. The highest BCUT2D eigenvalue weighted by atomic mass is 15.3. The monoisotopic (exact) mass is 210 g/mol. The van der Waals surface area contributed by atoms with Gasteiger partial charge >= 0.3 is 0 Å². The average molecular weight is 210 g/mol. The van der Waals surface area contributed by atoms with Crippen LogP contribution in [0.3, 0.4) is 0 Å². The first kappa shape index (κ1) is 6.66. The molecule has 0 aliphatic carbocycles. The summed E-state index contributed by atoms with van der Waals surface area (Å²) in [7, 11) is 0. The Bertz CT molecular complexity index is 408. The summed E-state index contributed by atoms with van der Waals surface area (Å²) in [5.74, 6) is 0.428. The maximum atomic E-state index is 7.84. The minimum absolute atomic E-state index is 0.428. The number of hydrogen-bond acceptors (Lipinski definition) is 2. The summed E-state index contributed by atoms with van der Waals surface area (Å²) in [6, 6.07) is 10.2. The van der Waals surface area contributed by atoms with Crippen LogP contribution in [0.1, 0.15) is 29.8 Å². The molecular weight excluding hydrogens is 186 g/mol. The third-order valence-electron chi connectivity index (χ3n) is 2.99. The third-order valence-corrected chi connectivity index (χ3v) is 2.99. The summed E-state index contributed by atoms with van der Waals surface area (Å²) in [6.07, 6.45) is 1.67. The fourth-order valence-corrected chi connectivity index (χ4v) is 2.14. The van der Waals surface area contributed by atoms with Crippen molar-refractivity contribution in [2.75, 3.05) is 26.1 Å². The first-order chi connectivity index (χ1) is 8.82. The minimum Gasteiger partial charge on any atom is -0.329 e. The molecule has 0 unspecified atom stereocenters. The summed E-state index contributed by atoms with van der Waals surface area (Å²) in [5, 5.41) is 0. The summed E-state index contributed by atoms with van der Waals surface area (Å²) in [5.41, 5.74) is 6.58. The predicted molar refractivity (Wildman–Crippen MR) is 63.9 cm³/mol. The SMILES string of the molecule is [2H][13C]([2H])(N)[13C]([2H])([2H])N1CCC(c2ccccc2)CC1. The first-order valence-corrected chi connectivity index (χ1v) is 5.41. The normalized spacial score (nSPS) is 25.1. The van der Waals surface area contributed by atoms with Gasteiger partial charge in [0, 0.05) is 18.5 Å². The maximum Gasteiger partial charge on any atom is 0.0444 e. The molecule has 2 heteroatoms. The summed E-state index contributed by atoms with van der Waals surface area (Å²) >= 11 is 0. The zero-order valence-electron chi connectivity index (χ0n) is 12.8. The number of piperidine rings is 1.